The third-order valence-electron chi connectivity index (χ3n) is 3.60. The Morgan fingerprint density at radius 2 is 1.94 bits per heavy atom. The summed E-state index contributed by atoms with van der Waals surface area (Å²) >= 11 is 0. The first kappa shape index (κ1) is 14.5. The second-order valence-electron chi connectivity index (χ2n) is 5.28. The SMILES string of the molecule is CCC(C)NC(=O)C(C)NC1CCN(C)CC1. The molecular formula is C13H27N3O. The zero-order valence-corrected chi connectivity index (χ0v) is 11.6. The first-order valence-electron chi connectivity index (χ1n) is 6.78. The highest BCUT2D eigenvalue weighted by molar-refractivity contribution is 5.81. The molecule has 2 unspecified atom stereocenters. The van der Waals surface area contributed by atoms with Crippen LogP contribution >= 0.6 is 0 Å². The van der Waals surface area contributed by atoms with Gasteiger partial charge in [0.05, 0.1) is 6.04 Å². The topological polar surface area (TPSA) is 44.4 Å². The van der Waals surface area contributed by atoms with Crippen LogP contribution in [-0.2, 0) is 4.79 Å². The number of carbonyl (C=O) groups excluding carboxylic acids is 1. The molecule has 1 heterocycles. The summed E-state index contributed by atoms with van der Waals surface area (Å²) in [6.07, 6.45) is 3.25. The summed E-state index contributed by atoms with van der Waals surface area (Å²) in [5, 5.41) is 6.45. The van der Waals surface area contributed by atoms with E-state index in [0.717, 1.165) is 32.4 Å². The van der Waals surface area contributed by atoms with Gasteiger partial charge >= 0.3 is 0 Å². The molecule has 0 aromatic rings. The number of likely N-dealkylation sites (tertiary alicyclic amines) is 1. The highest BCUT2D eigenvalue weighted by atomic mass is 16.2. The van der Waals surface area contributed by atoms with E-state index >= 15 is 0 Å². The van der Waals surface area contributed by atoms with Gasteiger partial charge in [0.25, 0.3) is 0 Å². The van der Waals surface area contributed by atoms with Crippen LogP contribution < -0.4 is 10.6 Å². The van der Waals surface area contributed by atoms with Gasteiger partial charge in [-0.3, -0.25) is 4.79 Å². The minimum absolute atomic E-state index is 0.0857. The number of amides is 1. The molecule has 2 atom stereocenters. The van der Waals surface area contributed by atoms with Crippen LogP contribution in [0.1, 0.15) is 40.0 Å². The van der Waals surface area contributed by atoms with Gasteiger partial charge in [0.2, 0.25) is 5.91 Å². The van der Waals surface area contributed by atoms with Crippen molar-refractivity contribution < 1.29 is 4.79 Å². The molecule has 4 heteroatoms. The van der Waals surface area contributed by atoms with E-state index in [1.165, 1.54) is 0 Å². The molecule has 0 aromatic heterocycles. The quantitative estimate of drug-likeness (QED) is 0.754. The van der Waals surface area contributed by atoms with Gasteiger partial charge in [-0.1, -0.05) is 6.92 Å². The lowest BCUT2D eigenvalue weighted by molar-refractivity contribution is -0.123. The van der Waals surface area contributed by atoms with Gasteiger partial charge in [-0.2, -0.15) is 0 Å². The van der Waals surface area contributed by atoms with E-state index in [2.05, 4.69) is 29.5 Å². The van der Waals surface area contributed by atoms with E-state index < -0.39 is 0 Å². The summed E-state index contributed by atoms with van der Waals surface area (Å²) < 4.78 is 0. The summed E-state index contributed by atoms with van der Waals surface area (Å²) in [7, 11) is 2.15. The van der Waals surface area contributed by atoms with Crippen LogP contribution in [0.5, 0.6) is 0 Å². The number of hydrogen-bond donors (Lipinski definition) is 2. The molecule has 0 aromatic carbocycles. The van der Waals surface area contributed by atoms with E-state index in [-0.39, 0.29) is 18.0 Å². The maximum absolute atomic E-state index is 11.9. The van der Waals surface area contributed by atoms with Crippen LogP contribution in [0, 0.1) is 0 Å². The Balaban J connectivity index is 2.28. The Bertz CT molecular complexity index is 237. The van der Waals surface area contributed by atoms with Crippen molar-refractivity contribution >= 4 is 5.91 Å². The molecule has 1 amide bonds. The Labute approximate surface area is 105 Å². The Hall–Kier alpha value is -0.610. The molecule has 4 nitrogen and oxygen atoms in total. The monoisotopic (exact) mass is 241 g/mol. The molecule has 1 aliphatic rings. The molecular weight excluding hydrogens is 214 g/mol. The summed E-state index contributed by atoms with van der Waals surface area (Å²) in [5.41, 5.74) is 0. The molecule has 1 aliphatic heterocycles. The van der Waals surface area contributed by atoms with Crippen LogP contribution in [-0.4, -0.2) is 49.1 Å². The molecule has 0 bridgehead atoms. The van der Waals surface area contributed by atoms with Crippen LogP contribution in [0.2, 0.25) is 0 Å². The van der Waals surface area contributed by atoms with Gasteiger partial charge in [-0.05, 0) is 53.2 Å². The lowest BCUT2D eigenvalue weighted by Crippen LogP contribution is -2.51. The molecule has 17 heavy (non-hydrogen) atoms. The molecule has 100 valence electrons. The third kappa shape index (κ3) is 5.04. The molecule has 0 spiro atoms. The highest BCUT2D eigenvalue weighted by Crippen LogP contribution is 2.09. The maximum Gasteiger partial charge on any atom is 0.237 e. The van der Waals surface area contributed by atoms with Crippen molar-refractivity contribution in [2.75, 3.05) is 20.1 Å². The number of carbonyl (C=O) groups is 1. The molecule has 1 fully saturated rings. The van der Waals surface area contributed by atoms with Gasteiger partial charge in [0, 0.05) is 12.1 Å². The van der Waals surface area contributed by atoms with Crippen molar-refractivity contribution in [2.45, 2.75) is 58.2 Å². The standard InChI is InChI=1S/C13H27N3O/c1-5-10(2)14-13(17)11(3)15-12-6-8-16(4)9-7-12/h10-12,15H,5-9H2,1-4H3,(H,14,17). The van der Waals surface area contributed by atoms with E-state index in [1.54, 1.807) is 0 Å². The fourth-order valence-corrected chi connectivity index (χ4v) is 2.07. The maximum atomic E-state index is 11.9. The van der Waals surface area contributed by atoms with E-state index in [4.69, 9.17) is 0 Å². The summed E-state index contributed by atoms with van der Waals surface area (Å²) in [5.74, 6) is 0.123. The third-order valence-corrected chi connectivity index (χ3v) is 3.60. The molecule has 0 radical (unpaired) electrons. The van der Waals surface area contributed by atoms with Crippen molar-refractivity contribution in [3.05, 3.63) is 0 Å². The number of hydrogen-bond acceptors (Lipinski definition) is 3. The highest BCUT2D eigenvalue weighted by Gasteiger charge is 2.21. The van der Waals surface area contributed by atoms with Crippen molar-refractivity contribution in [2.24, 2.45) is 0 Å². The van der Waals surface area contributed by atoms with Crippen molar-refractivity contribution in [1.29, 1.82) is 0 Å². The first-order valence-corrected chi connectivity index (χ1v) is 6.78. The van der Waals surface area contributed by atoms with Crippen LogP contribution in [0.4, 0.5) is 0 Å². The predicted molar refractivity (Wildman–Crippen MR) is 71.0 cm³/mol. The number of piperidine rings is 1. The van der Waals surface area contributed by atoms with Crippen molar-refractivity contribution in [3.8, 4) is 0 Å². The van der Waals surface area contributed by atoms with E-state index in [1.807, 2.05) is 13.8 Å². The average molecular weight is 241 g/mol. The van der Waals surface area contributed by atoms with Gasteiger partial charge in [-0.15, -0.1) is 0 Å². The number of nitrogens with one attached hydrogen (secondary N) is 2. The molecule has 2 N–H and O–H groups in total. The number of rotatable bonds is 5. The van der Waals surface area contributed by atoms with E-state index in [9.17, 15) is 4.79 Å². The Kier molecular flexibility index (Phi) is 5.92. The fourth-order valence-electron chi connectivity index (χ4n) is 2.07. The molecule has 1 saturated heterocycles. The Morgan fingerprint density at radius 3 is 2.47 bits per heavy atom. The Morgan fingerprint density at radius 1 is 1.35 bits per heavy atom. The fraction of sp³-hybridized carbons (Fsp3) is 0.923. The minimum Gasteiger partial charge on any atom is -0.352 e. The lowest BCUT2D eigenvalue weighted by Gasteiger charge is -2.31. The first-order chi connectivity index (χ1) is 8.02. The van der Waals surface area contributed by atoms with Crippen molar-refractivity contribution in [1.82, 2.24) is 15.5 Å². The lowest BCUT2D eigenvalue weighted by atomic mass is 10.0. The molecule has 0 aliphatic carbocycles. The molecule has 0 saturated carbocycles. The second kappa shape index (κ2) is 6.97. The zero-order chi connectivity index (χ0) is 12.8. The number of nitrogens with zero attached hydrogens (tertiary/aromatic N) is 1. The average Bonchev–Trinajstić information content (AvgIpc) is 2.31. The van der Waals surface area contributed by atoms with Crippen LogP contribution in [0.15, 0.2) is 0 Å². The van der Waals surface area contributed by atoms with Crippen LogP contribution in [0.25, 0.3) is 0 Å². The normalized spacial score (nSPS) is 22.1. The molecule has 1 rings (SSSR count). The largest absolute Gasteiger partial charge is 0.352 e. The summed E-state index contributed by atoms with van der Waals surface area (Å²) in [6, 6.07) is 0.672. The zero-order valence-electron chi connectivity index (χ0n) is 11.6. The smallest absolute Gasteiger partial charge is 0.237 e. The predicted octanol–water partition coefficient (Wildman–Crippen LogP) is 0.973. The van der Waals surface area contributed by atoms with Gasteiger partial charge in [0.15, 0.2) is 0 Å². The van der Waals surface area contributed by atoms with Crippen molar-refractivity contribution in [3.63, 3.8) is 0 Å². The second-order valence-corrected chi connectivity index (χ2v) is 5.28. The van der Waals surface area contributed by atoms with E-state index in [0.29, 0.717) is 6.04 Å². The minimum atomic E-state index is -0.0857. The summed E-state index contributed by atoms with van der Waals surface area (Å²) in [6.45, 7) is 8.32. The van der Waals surface area contributed by atoms with Gasteiger partial charge < -0.3 is 15.5 Å². The van der Waals surface area contributed by atoms with Gasteiger partial charge in [0.1, 0.15) is 0 Å². The summed E-state index contributed by atoms with van der Waals surface area (Å²) in [4.78, 5) is 14.2. The van der Waals surface area contributed by atoms with Crippen LogP contribution in [0.3, 0.4) is 0 Å². The van der Waals surface area contributed by atoms with Gasteiger partial charge in [-0.25, -0.2) is 0 Å².